The molecular weight excluding hydrogens is 304 g/mol. The van der Waals surface area contributed by atoms with Crippen LogP contribution in [0.25, 0.3) is 0 Å². The molecule has 0 fully saturated rings. The number of nitrogens with zero attached hydrogens (tertiary/aromatic N) is 2. The first-order valence-electron chi connectivity index (χ1n) is 6.87. The molecule has 1 amide bonds. The van der Waals surface area contributed by atoms with Crippen molar-refractivity contribution < 1.29 is 13.2 Å². The molecule has 0 spiro atoms. The van der Waals surface area contributed by atoms with Gasteiger partial charge in [-0.2, -0.15) is 0 Å². The van der Waals surface area contributed by atoms with E-state index in [1.807, 2.05) is 10.8 Å². The first-order valence-corrected chi connectivity index (χ1v) is 8.42. The van der Waals surface area contributed by atoms with Gasteiger partial charge in [0.15, 0.2) is 0 Å². The highest BCUT2D eigenvalue weighted by Crippen LogP contribution is 2.21. The number of sulfonamides is 1. The van der Waals surface area contributed by atoms with Crippen molar-refractivity contribution in [3.8, 4) is 0 Å². The number of hydrogen-bond donors (Lipinski definition) is 2. The van der Waals surface area contributed by atoms with Crippen molar-refractivity contribution in [1.29, 1.82) is 0 Å². The van der Waals surface area contributed by atoms with Gasteiger partial charge in [0.25, 0.3) is 0 Å². The number of imidazole rings is 1. The fraction of sp³-hybridized carbons (Fsp3) is 0.286. The van der Waals surface area contributed by atoms with Gasteiger partial charge in [-0.05, 0) is 30.7 Å². The maximum atomic E-state index is 12.3. The fourth-order valence-electron chi connectivity index (χ4n) is 2.55. The van der Waals surface area contributed by atoms with Crippen LogP contribution in [0.3, 0.4) is 0 Å². The second kappa shape index (κ2) is 5.54. The van der Waals surface area contributed by atoms with Crippen molar-refractivity contribution in [3.63, 3.8) is 0 Å². The number of amides is 1. The molecular formula is C14H16N4O3S. The summed E-state index contributed by atoms with van der Waals surface area (Å²) in [4.78, 5) is 16.5. The average molecular weight is 320 g/mol. The summed E-state index contributed by atoms with van der Waals surface area (Å²) in [5, 5.41) is 7.84. The molecule has 3 N–H and O–H groups in total. The SMILES string of the molecule is NS(=O)(=O)c1ccc(NC(=O)C2CCn3ccnc3C2)cc1. The van der Waals surface area contributed by atoms with Crippen molar-refractivity contribution in [2.45, 2.75) is 24.3 Å². The van der Waals surface area contributed by atoms with Crippen molar-refractivity contribution >= 4 is 21.6 Å². The van der Waals surface area contributed by atoms with E-state index in [0.717, 1.165) is 18.8 Å². The standard InChI is InChI=1S/C14H16N4O3S/c15-22(20,21)12-3-1-11(2-4-12)17-14(19)10-5-7-18-8-6-16-13(18)9-10/h1-4,6,8,10H,5,7,9H2,(H,17,19)(H2,15,20,21). The van der Waals surface area contributed by atoms with E-state index < -0.39 is 10.0 Å². The van der Waals surface area contributed by atoms with E-state index in [1.54, 1.807) is 6.20 Å². The minimum absolute atomic E-state index is 0.0187. The third-order valence-corrected chi connectivity index (χ3v) is 4.70. The normalized spacial score (nSPS) is 17.8. The van der Waals surface area contributed by atoms with E-state index in [-0.39, 0.29) is 16.7 Å². The van der Waals surface area contributed by atoms with Gasteiger partial charge in [0.05, 0.1) is 4.90 Å². The fourth-order valence-corrected chi connectivity index (χ4v) is 3.06. The largest absolute Gasteiger partial charge is 0.335 e. The number of nitrogens with one attached hydrogen (secondary N) is 1. The monoisotopic (exact) mass is 320 g/mol. The summed E-state index contributed by atoms with van der Waals surface area (Å²) in [6.07, 6.45) is 5.01. The lowest BCUT2D eigenvalue weighted by Crippen LogP contribution is -2.30. The average Bonchev–Trinajstić information content (AvgIpc) is 2.94. The molecule has 3 rings (SSSR count). The highest BCUT2D eigenvalue weighted by Gasteiger charge is 2.25. The van der Waals surface area contributed by atoms with Gasteiger partial charge in [0, 0.05) is 37.0 Å². The quantitative estimate of drug-likeness (QED) is 0.869. The number of anilines is 1. The van der Waals surface area contributed by atoms with E-state index in [0.29, 0.717) is 12.1 Å². The minimum atomic E-state index is -3.72. The summed E-state index contributed by atoms with van der Waals surface area (Å²) in [6, 6.07) is 5.81. The highest BCUT2D eigenvalue weighted by molar-refractivity contribution is 7.89. The minimum Gasteiger partial charge on any atom is -0.335 e. The Hall–Kier alpha value is -2.19. The van der Waals surface area contributed by atoms with Crippen LogP contribution in [0.5, 0.6) is 0 Å². The van der Waals surface area contributed by atoms with E-state index in [9.17, 15) is 13.2 Å². The number of benzene rings is 1. The van der Waals surface area contributed by atoms with Crippen molar-refractivity contribution in [2.24, 2.45) is 11.1 Å². The molecule has 0 aliphatic carbocycles. The van der Waals surface area contributed by atoms with Gasteiger partial charge in [0.2, 0.25) is 15.9 Å². The van der Waals surface area contributed by atoms with Gasteiger partial charge < -0.3 is 9.88 Å². The van der Waals surface area contributed by atoms with E-state index in [2.05, 4.69) is 10.3 Å². The zero-order chi connectivity index (χ0) is 15.7. The van der Waals surface area contributed by atoms with Gasteiger partial charge in [-0.3, -0.25) is 4.79 Å². The molecule has 2 heterocycles. The number of carbonyl (C=O) groups is 1. The first-order chi connectivity index (χ1) is 10.4. The van der Waals surface area contributed by atoms with E-state index >= 15 is 0 Å². The lowest BCUT2D eigenvalue weighted by atomic mass is 9.97. The third kappa shape index (κ3) is 3.02. The van der Waals surface area contributed by atoms with Crippen LogP contribution in [-0.2, 0) is 27.8 Å². The molecule has 2 aromatic rings. The molecule has 7 nitrogen and oxygen atoms in total. The Morgan fingerprint density at radius 3 is 2.73 bits per heavy atom. The summed E-state index contributed by atoms with van der Waals surface area (Å²) in [5.41, 5.74) is 0.548. The molecule has 1 aliphatic rings. The Kier molecular flexibility index (Phi) is 3.71. The van der Waals surface area contributed by atoms with Crippen LogP contribution in [0.4, 0.5) is 5.69 Å². The van der Waals surface area contributed by atoms with Crippen LogP contribution >= 0.6 is 0 Å². The number of fused-ring (bicyclic) bond motifs is 1. The third-order valence-electron chi connectivity index (χ3n) is 3.77. The van der Waals surface area contributed by atoms with Crippen LogP contribution in [-0.4, -0.2) is 23.9 Å². The summed E-state index contributed by atoms with van der Waals surface area (Å²) in [6.45, 7) is 0.776. The summed E-state index contributed by atoms with van der Waals surface area (Å²) in [5.74, 6) is 0.696. The molecule has 1 atom stereocenters. The van der Waals surface area contributed by atoms with Gasteiger partial charge in [-0.15, -0.1) is 0 Å². The lowest BCUT2D eigenvalue weighted by molar-refractivity contribution is -0.120. The number of carbonyl (C=O) groups excluding carboxylic acids is 1. The smallest absolute Gasteiger partial charge is 0.238 e. The number of rotatable bonds is 3. The van der Waals surface area contributed by atoms with E-state index in [1.165, 1.54) is 24.3 Å². The molecule has 22 heavy (non-hydrogen) atoms. The summed E-state index contributed by atoms with van der Waals surface area (Å²) >= 11 is 0. The molecule has 0 bridgehead atoms. The topological polar surface area (TPSA) is 107 Å². The Balaban J connectivity index is 1.67. The maximum Gasteiger partial charge on any atom is 0.238 e. The summed E-state index contributed by atoms with van der Waals surface area (Å²) < 4.78 is 24.4. The predicted molar refractivity (Wildman–Crippen MR) is 80.5 cm³/mol. The van der Waals surface area contributed by atoms with Crippen molar-refractivity contribution in [1.82, 2.24) is 9.55 Å². The molecule has 116 valence electrons. The number of primary sulfonamides is 1. The van der Waals surface area contributed by atoms with Gasteiger partial charge in [-0.25, -0.2) is 18.5 Å². The van der Waals surface area contributed by atoms with E-state index in [4.69, 9.17) is 5.14 Å². The lowest BCUT2D eigenvalue weighted by Gasteiger charge is -2.22. The van der Waals surface area contributed by atoms with Crippen molar-refractivity contribution in [3.05, 3.63) is 42.5 Å². The van der Waals surface area contributed by atoms with Crippen LogP contribution in [0.1, 0.15) is 12.2 Å². The maximum absolute atomic E-state index is 12.3. The van der Waals surface area contributed by atoms with Crippen LogP contribution in [0, 0.1) is 5.92 Å². The number of aryl methyl sites for hydroxylation is 1. The zero-order valence-electron chi connectivity index (χ0n) is 11.8. The Bertz CT molecular complexity index is 796. The molecule has 0 saturated carbocycles. The molecule has 1 aromatic carbocycles. The van der Waals surface area contributed by atoms with Crippen LogP contribution < -0.4 is 10.5 Å². The zero-order valence-corrected chi connectivity index (χ0v) is 12.6. The predicted octanol–water partition coefficient (Wildman–Crippen LogP) is 0.732. The molecule has 8 heteroatoms. The van der Waals surface area contributed by atoms with Gasteiger partial charge in [0.1, 0.15) is 5.82 Å². The summed E-state index contributed by atoms with van der Waals surface area (Å²) in [7, 11) is -3.72. The Morgan fingerprint density at radius 2 is 2.05 bits per heavy atom. The van der Waals surface area contributed by atoms with Gasteiger partial charge in [-0.1, -0.05) is 0 Å². The second-order valence-corrected chi connectivity index (χ2v) is 6.85. The van der Waals surface area contributed by atoms with Gasteiger partial charge >= 0.3 is 0 Å². The van der Waals surface area contributed by atoms with Crippen LogP contribution in [0.2, 0.25) is 0 Å². The number of aromatic nitrogens is 2. The molecule has 0 saturated heterocycles. The Labute approximate surface area is 128 Å². The van der Waals surface area contributed by atoms with Crippen molar-refractivity contribution in [2.75, 3.05) is 5.32 Å². The molecule has 1 unspecified atom stereocenters. The number of nitrogens with two attached hydrogens (primary N) is 1. The Morgan fingerprint density at radius 1 is 1.32 bits per heavy atom. The highest BCUT2D eigenvalue weighted by atomic mass is 32.2. The first kappa shape index (κ1) is 14.7. The molecule has 0 radical (unpaired) electrons. The van der Waals surface area contributed by atoms with Crippen LogP contribution in [0.15, 0.2) is 41.6 Å². The molecule has 1 aromatic heterocycles. The molecule has 1 aliphatic heterocycles. The second-order valence-electron chi connectivity index (χ2n) is 5.29. The number of hydrogen-bond acceptors (Lipinski definition) is 4.